The molecule has 5 N–H and O–H groups in total. The van der Waals surface area contributed by atoms with Gasteiger partial charge in [-0.25, -0.2) is 23.1 Å². The number of phenols is 1. The molecule has 5 aromatic rings. The van der Waals surface area contributed by atoms with Crippen LogP contribution < -0.4 is 21.4 Å². The molecular formula is C25H20N8O4S. The first-order chi connectivity index (χ1) is 18.3. The van der Waals surface area contributed by atoms with E-state index >= 15 is 0 Å². The minimum atomic E-state index is -3.91. The molecule has 2 aromatic heterocycles. The van der Waals surface area contributed by atoms with E-state index in [4.69, 9.17) is 5.84 Å². The Morgan fingerprint density at radius 3 is 2.39 bits per heavy atom. The van der Waals surface area contributed by atoms with Gasteiger partial charge < -0.3 is 16.3 Å². The number of rotatable bonds is 7. The van der Waals surface area contributed by atoms with Crippen LogP contribution in [-0.4, -0.2) is 38.4 Å². The summed E-state index contributed by atoms with van der Waals surface area (Å²) in [6.07, 6.45) is 5.83. The van der Waals surface area contributed by atoms with Crippen molar-refractivity contribution in [2.75, 3.05) is 15.9 Å². The molecule has 13 heteroatoms. The lowest BCUT2D eigenvalue weighted by atomic mass is 10.0. The molecule has 0 unspecified atom stereocenters. The number of nitrogens with one attached hydrogen (secondary N) is 2. The van der Waals surface area contributed by atoms with Crippen LogP contribution in [0.2, 0.25) is 0 Å². The highest BCUT2D eigenvalue weighted by atomic mass is 32.2. The molecule has 0 saturated heterocycles. The molecular weight excluding hydrogens is 508 g/mol. The van der Waals surface area contributed by atoms with E-state index in [1.165, 1.54) is 42.7 Å². The fourth-order valence-electron chi connectivity index (χ4n) is 3.60. The van der Waals surface area contributed by atoms with Gasteiger partial charge in [0, 0.05) is 23.6 Å². The number of nitrogens with zero attached hydrogens (tertiary/aromatic N) is 5. The van der Waals surface area contributed by atoms with Gasteiger partial charge in [-0.05, 0) is 59.3 Å². The second kappa shape index (κ2) is 9.99. The van der Waals surface area contributed by atoms with Gasteiger partial charge in [0.2, 0.25) is 11.9 Å². The molecule has 190 valence electrons. The van der Waals surface area contributed by atoms with E-state index < -0.39 is 15.6 Å². The summed E-state index contributed by atoms with van der Waals surface area (Å²) in [6.45, 7) is 0. The monoisotopic (exact) mass is 528 g/mol. The summed E-state index contributed by atoms with van der Waals surface area (Å²) >= 11 is 0. The molecule has 0 aliphatic heterocycles. The minimum absolute atomic E-state index is 0.0242. The second-order valence-corrected chi connectivity index (χ2v) is 9.65. The van der Waals surface area contributed by atoms with Crippen molar-refractivity contribution < 1.29 is 13.5 Å². The van der Waals surface area contributed by atoms with Crippen LogP contribution in [0.4, 0.5) is 17.6 Å². The zero-order valence-electron chi connectivity index (χ0n) is 19.6. The lowest BCUT2D eigenvalue weighted by Gasteiger charge is -2.10. The molecule has 0 spiro atoms. The summed E-state index contributed by atoms with van der Waals surface area (Å²) in [5, 5.41) is 22.8. The SMILES string of the molecule is Nn1c(Nc2ccc(S(=O)(=O)Nc3ncccn3)cc2)nnc(C=Cc2c(O)ccc3ccccc23)c1=O. The van der Waals surface area contributed by atoms with Crippen LogP contribution in [0.5, 0.6) is 5.75 Å². The van der Waals surface area contributed by atoms with Gasteiger partial charge in [-0.1, -0.05) is 30.3 Å². The van der Waals surface area contributed by atoms with Crippen LogP contribution in [0.3, 0.4) is 0 Å². The van der Waals surface area contributed by atoms with Crippen molar-refractivity contribution in [1.82, 2.24) is 24.8 Å². The Labute approximate surface area is 216 Å². The fraction of sp³-hybridized carbons (Fsp3) is 0. The molecule has 5 rings (SSSR count). The Balaban J connectivity index is 1.35. The number of sulfonamides is 1. The number of nitrogen functional groups attached to an aromatic ring is 1. The summed E-state index contributed by atoms with van der Waals surface area (Å²) < 4.78 is 28.2. The number of fused-ring (bicyclic) bond motifs is 1. The summed E-state index contributed by atoms with van der Waals surface area (Å²) in [4.78, 5) is 20.5. The maximum Gasteiger partial charge on any atom is 0.299 e. The van der Waals surface area contributed by atoms with E-state index in [9.17, 15) is 18.3 Å². The number of aromatic nitrogens is 5. The van der Waals surface area contributed by atoms with Gasteiger partial charge in [0.1, 0.15) is 5.75 Å². The molecule has 0 saturated carbocycles. The minimum Gasteiger partial charge on any atom is -0.507 e. The molecule has 0 atom stereocenters. The molecule has 0 aliphatic carbocycles. The molecule has 0 fully saturated rings. The quantitative estimate of drug-likeness (QED) is 0.230. The number of hydrogen-bond acceptors (Lipinski definition) is 10. The van der Waals surface area contributed by atoms with Crippen molar-refractivity contribution in [2.45, 2.75) is 4.90 Å². The first kappa shape index (κ1) is 24.4. The van der Waals surface area contributed by atoms with Crippen LogP contribution in [0.1, 0.15) is 11.3 Å². The molecule has 0 bridgehead atoms. The highest BCUT2D eigenvalue weighted by Crippen LogP contribution is 2.28. The molecule has 12 nitrogen and oxygen atoms in total. The average Bonchev–Trinajstić information content (AvgIpc) is 2.92. The molecule has 0 radical (unpaired) electrons. The number of nitrogens with two attached hydrogens (primary N) is 1. The maximum absolute atomic E-state index is 12.8. The Morgan fingerprint density at radius 2 is 1.63 bits per heavy atom. The number of anilines is 3. The molecule has 38 heavy (non-hydrogen) atoms. The average molecular weight is 529 g/mol. The zero-order chi connectivity index (χ0) is 26.7. The topological polar surface area (TPSA) is 178 Å². The summed E-state index contributed by atoms with van der Waals surface area (Å²) in [7, 11) is -3.91. The highest BCUT2D eigenvalue weighted by molar-refractivity contribution is 7.92. The lowest BCUT2D eigenvalue weighted by Crippen LogP contribution is -2.32. The van der Waals surface area contributed by atoms with Crippen LogP contribution in [0, 0.1) is 0 Å². The Bertz CT molecular complexity index is 1820. The predicted molar refractivity (Wildman–Crippen MR) is 144 cm³/mol. The standard InChI is InChI=1S/C25H20N8O4S/c26-33-23(35)21(12-11-20-19-5-2-1-4-16(19)6-13-22(20)34)30-31-25(33)29-17-7-9-18(10-8-17)38(36,37)32-24-27-14-3-15-28-24/h1-15,34H,26H2,(H,29,31)(H,27,28,32). The van der Waals surface area contributed by atoms with E-state index in [1.54, 1.807) is 24.3 Å². The number of phenolic OH excluding ortho intramolecular Hbond substituents is 1. The van der Waals surface area contributed by atoms with Gasteiger partial charge >= 0.3 is 0 Å². The third-order valence-corrected chi connectivity index (χ3v) is 6.83. The number of benzene rings is 3. The van der Waals surface area contributed by atoms with Gasteiger partial charge in [-0.15, -0.1) is 10.2 Å². The Morgan fingerprint density at radius 1 is 0.895 bits per heavy atom. The van der Waals surface area contributed by atoms with Gasteiger partial charge in [0.25, 0.3) is 15.6 Å². The van der Waals surface area contributed by atoms with Gasteiger partial charge in [-0.2, -0.15) is 4.68 Å². The van der Waals surface area contributed by atoms with Crippen molar-refractivity contribution >= 4 is 50.5 Å². The number of hydrogen-bond donors (Lipinski definition) is 4. The normalized spacial score (nSPS) is 11.6. The number of aromatic hydroxyl groups is 1. The first-order valence-electron chi connectivity index (χ1n) is 11.1. The highest BCUT2D eigenvalue weighted by Gasteiger charge is 2.16. The fourth-order valence-corrected chi connectivity index (χ4v) is 4.56. The lowest BCUT2D eigenvalue weighted by molar-refractivity contribution is 0.475. The predicted octanol–water partition coefficient (Wildman–Crippen LogP) is 2.72. The maximum atomic E-state index is 12.8. The second-order valence-electron chi connectivity index (χ2n) is 7.96. The van der Waals surface area contributed by atoms with E-state index in [2.05, 4.69) is 30.2 Å². The smallest absolute Gasteiger partial charge is 0.299 e. The third-order valence-electron chi connectivity index (χ3n) is 5.49. The first-order valence-corrected chi connectivity index (χ1v) is 12.6. The van der Waals surface area contributed by atoms with Crippen LogP contribution in [0.15, 0.2) is 88.8 Å². The summed E-state index contributed by atoms with van der Waals surface area (Å²) in [5.74, 6) is 5.88. The van der Waals surface area contributed by atoms with Crippen molar-refractivity contribution in [3.63, 3.8) is 0 Å². The van der Waals surface area contributed by atoms with Crippen molar-refractivity contribution in [3.8, 4) is 5.75 Å². The largest absolute Gasteiger partial charge is 0.507 e. The van der Waals surface area contributed by atoms with E-state index in [0.29, 0.717) is 11.3 Å². The summed E-state index contributed by atoms with van der Waals surface area (Å²) in [5.41, 5.74) is 0.265. The van der Waals surface area contributed by atoms with Gasteiger partial charge in [0.05, 0.1) is 4.90 Å². The molecule has 0 amide bonds. The van der Waals surface area contributed by atoms with E-state index in [-0.39, 0.29) is 28.2 Å². The molecule has 2 heterocycles. The van der Waals surface area contributed by atoms with E-state index in [0.717, 1.165) is 15.4 Å². The van der Waals surface area contributed by atoms with Gasteiger partial charge in [-0.3, -0.25) is 4.79 Å². The van der Waals surface area contributed by atoms with Crippen LogP contribution >= 0.6 is 0 Å². The zero-order valence-corrected chi connectivity index (χ0v) is 20.4. The van der Waals surface area contributed by atoms with Crippen molar-refractivity contribution in [1.29, 1.82) is 0 Å². The van der Waals surface area contributed by atoms with Crippen LogP contribution in [-0.2, 0) is 10.0 Å². The molecule has 3 aromatic carbocycles. The third kappa shape index (κ3) is 4.99. The molecule has 0 aliphatic rings. The Hall–Kier alpha value is -5.30. The van der Waals surface area contributed by atoms with Gasteiger partial charge in [0.15, 0.2) is 5.69 Å². The summed E-state index contributed by atoms with van der Waals surface area (Å²) in [6, 6.07) is 18.1. The van der Waals surface area contributed by atoms with E-state index in [1.807, 2.05) is 24.3 Å². The Kier molecular flexibility index (Phi) is 6.41. The van der Waals surface area contributed by atoms with Crippen LogP contribution in [0.25, 0.3) is 22.9 Å². The van der Waals surface area contributed by atoms with Crippen molar-refractivity contribution in [3.05, 3.63) is 101 Å². The van der Waals surface area contributed by atoms with Crippen molar-refractivity contribution in [2.24, 2.45) is 0 Å².